The molecule has 2 aromatic carbocycles. The van der Waals surface area contributed by atoms with E-state index < -0.39 is 23.4 Å². The average molecular weight is 560 g/mol. The Kier molecular flexibility index (Phi) is 7.38. The Morgan fingerprint density at radius 3 is 2.29 bits per heavy atom. The van der Waals surface area contributed by atoms with Crippen molar-refractivity contribution in [3.8, 4) is 17.2 Å². The van der Waals surface area contributed by atoms with Gasteiger partial charge in [0.15, 0.2) is 23.1 Å². The maximum atomic E-state index is 15.6. The minimum atomic E-state index is -1.04. The molecule has 0 radical (unpaired) electrons. The number of aliphatic imine (C=N–C) groups is 1. The molecule has 0 unspecified atom stereocenters. The number of urea groups is 1. The number of nitrogens with two attached hydrogens (primary N) is 1. The number of nitrogens with zero attached hydrogens (tertiary/aromatic N) is 6. The number of amides is 2. The van der Waals surface area contributed by atoms with Crippen LogP contribution >= 0.6 is 0 Å². The molecule has 0 spiro atoms. The number of rotatable bonds is 7. The fourth-order valence-corrected chi connectivity index (χ4v) is 4.62. The third-order valence-electron chi connectivity index (χ3n) is 6.61. The third-order valence-corrected chi connectivity index (χ3v) is 6.61. The minimum absolute atomic E-state index is 0.171. The van der Waals surface area contributed by atoms with E-state index in [9.17, 15) is 4.79 Å². The van der Waals surface area contributed by atoms with Gasteiger partial charge in [-0.05, 0) is 43.3 Å². The zero-order valence-corrected chi connectivity index (χ0v) is 22.8. The molecule has 210 valence electrons. The summed E-state index contributed by atoms with van der Waals surface area (Å²) in [7, 11) is 4.10. The lowest BCUT2D eigenvalue weighted by atomic mass is 10.0. The van der Waals surface area contributed by atoms with Crippen LogP contribution in [0.15, 0.2) is 71.7 Å². The average Bonchev–Trinajstić information content (AvgIpc) is 3.51. The largest absolute Gasteiger partial charge is 0.493 e. The number of pyridine rings is 1. The smallest absolute Gasteiger partial charge is 0.334 e. The van der Waals surface area contributed by atoms with Gasteiger partial charge in [0.1, 0.15) is 5.69 Å². The van der Waals surface area contributed by atoms with Crippen LogP contribution in [-0.4, -0.2) is 48.3 Å². The molecule has 3 heterocycles. The van der Waals surface area contributed by atoms with Crippen molar-refractivity contribution in [2.24, 2.45) is 10.7 Å². The van der Waals surface area contributed by atoms with E-state index in [1.807, 2.05) is 0 Å². The zero-order chi connectivity index (χ0) is 29.3. The quantitative estimate of drug-likeness (QED) is 0.311. The topological polar surface area (TPSA) is 111 Å². The van der Waals surface area contributed by atoms with Gasteiger partial charge in [-0.15, -0.1) is 0 Å². The van der Waals surface area contributed by atoms with Crippen molar-refractivity contribution in [2.75, 3.05) is 31.1 Å². The second-order valence-corrected chi connectivity index (χ2v) is 9.11. The molecule has 0 aliphatic carbocycles. The summed E-state index contributed by atoms with van der Waals surface area (Å²) >= 11 is 0. The molecule has 12 heteroatoms. The first-order valence-electron chi connectivity index (χ1n) is 12.5. The molecule has 0 saturated carbocycles. The van der Waals surface area contributed by atoms with E-state index in [1.165, 1.54) is 19.1 Å². The Morgan fingerprint density at radius 1 is 1.07 bits per heavy atom. The molecule has 1 aliphatic rings. The van der Waals surface area contributed by atoms with Crippen molar-refractivity contribution < 1.29 is 23.0 Å². The van der Waals surface area contributed by atoms with Gasteiger partial charge in [-0.3, -0.25) is 19.8 Å². The minimum Gasteiger partial charge on any atom is -0.493 e. The second-order valence-electron chi connectivity index (χ2n) is 9.11. The van der Waals surface area contributed by atoms with Crippen LogP contribution in [0.2, 0.25) is 0 Å². The number of carbonyl (C=O) groups excluding carboxylic acids is 1. The number of allylic oxidation sites excluding steroid dienone is 2. The van der Waals surface area contributed by atoms with Crippen LogP contribution in [0.4, 0.5) is 30.6 Å². The van der Waals surface area contributed by atoms with Gasteiger partial charge in [-0.1, -0.05) is 0 Å². The second kappa shape index (κ2) is 11.1. The fraction of sp³-hybridized carbons (Fsp3) is 0.172. The Balaban J connectivity index is 1.70. The monoisotopic (exact) mass is 559 g/mol. The van der Waals surface area contributed by atoms with Gasteiger partial charge in [0, 0.05) is 54.8 Å². The van der Waals surface area contributed by atoms with Crippen LogP contribution in [0.1, 0.15) is 18.2 Å². The number of anilines is 3. The molecular formula is C29H27F2N7O3. The molecule has 2 aromatic heterocycles. The number of fused-ring (bicyclic) bond motifs is 1. The van der Waals surface area contributed by atoms with Crippen LogP contribution in [0, 0.1) is 11.6 Å². The Hall–Kier alpha value is -5.26. The Bertz CT molecular complexity index is 1640. The van der Waals surface area contributed by atoms with E-state index in [0.717, 1.165) is 16.7 Å². The Morgan fingerprint density at radius 2 is 1.73 bits per heavy atom. The molecule has 4 aromatic rings. The fourth-order valence-electron chi connectivity index (χ4n) is 4.62. The van der Waals surface area contributed by atoms with Crippen LogP contribution in [0.5, 0.6) is 11.5 Å². The first-order chi connectivity index (χ1) is 19.8. The molecular weight excluding hydrogens is 532 g/mol. The van der Waals surface area contributed by atoms with E-state index in [1.54, 1.807) is 79.9 Å². The van der Waals surface area contributed by atoms with Crippen molar-refractivity contribution in [1.29, 1.82) is 0 Å². The number of carbonyl (C=O) groups is 1. The van der Waals surface area contributed by atoms with Gasteiger partial charge >= 0.3 is 6.03 Å². The summed E-state index contributed by atoms with van der Waals surface area (Å²) in [6.45, 7) is 1.55. The van der Waals surface area contributed by atoms with Crippen LogP contribution in [0.3, 0.4) is 0 Å². The SMILES string of the molecule is CN=CC(=C(C)N)c1cc2c(cn1)CN(c1c(F)c(OC)cc(OC)c1F)C(=O)N2c1ccc(-n2cccn2)cc1. The number of halogens is 2. The zero-order valence-electron chi connectivity index (χ0n) is 22.8. The number of ether oxygens (including phenoxy) is 2. The number of benzene rings is 2. The number of methoxy groups -OCH3 is 2. The summed E-state index contributed by atoms with van der Waals surface area (Å²) in [4.78, 5) is 25.2. The molecule has 41 heavy (non-hydrogen) atoms. The summed E-state index contributed by atoms with van der Waals surface area (Å²) in [6, 6.07) is 10.9. The number of aromatic nitrogens is 3. The summed E-state index contributed by atoms with van der Waals surface area (Å²) in [5.74, 6) is -2.62. The number of hydrogen-bond donors (Lipinski definition) is 1. The molecule has 5 rings (SSSR count). The van der Waals surface area contributed by atoms with E-state index in [-0.39, 0.29) is 18.0 Å². The predicted molar refractivity (Wildman–Crippen MR) is 152 cm³/mol. The van der Waals surface area contributed by atoms with Crippen molar-refractivity contribution in [3.05, 3.63) is 89.6 Å². The van der Waals surface area contributed by atoms with E-state index in [4.69, 9.17) is 15.2 Å². The lowest BCUT2D eigenvalue weighted by molar-refractivity contribution is 0.251. The molecule has 1 aliphatic heterocycles. The predicted octanol–water partition coefficient (Wildman–Crippen LogP) is 5.23. The molecule has 10 nitrogen and oxygen atoms in total. The first kappa shape index (κ1) is 27.3. The van der Waals surface area contributed by atoms with E-state index >= 15 is 8.78 Å². The third kappa shape index (κ3) is 4.84. The maximum Gasteiger partial charge on any atom is 0.334 e. The lowest BCUT2D eigenvalue weighted by Crippen LogP contribution is -2.46. The standard InChI is InChI=1S/C29H27F2N7O3/c1-17(32)21(15-33-2)22-12-23-18(14-34-22)16-36(28-26(30)24(40-3)13-25(41-4)27(28)31)29(39)38(23)20-8-6-19(7-9-20)37-11-5-10-35-37/h5-15H,16,32H2,1-4H3. The maximum absolute atomic E-state index is 15.6. The summed E-state index contributed by atoms with van der Waals surface area (Å²) in [5, 5.41) is 4.23. The summed E-state index contributed by atoms with van der Waals surface area (Å²) in [5.41, 5.74) is 9.25. The van der Waals surface area contributed by atoms with Crippen LogP contribution in [0.25, 0.3) is 11.3 Å². The molecule has 0 bridgehead atoms. The highest BCUT2D eigenvalue weighted by atomic mass is 19.1. The van der Waals surface area contributed by atoms with E-state index in [2.05, 4.69) is 15.1 Å². The Labute approximate surface area is 234 Å². The van der Waals surface area contributed by atoms with Crippen molar-refractivity contribution in [3.63, 3.8) is 0 Å². The van der Waals surface area contributed by atoms with Crippen molar-refractivity contribution in [1.82, 2.24) is 14.8 Å². The highest BCUT2D eigenvalue weighted by Gasteiger charge is 2.37. The van der Waals surface area contributed by atoms with Gasteiger partial charge < -0.3 is 15.2 Å². The van der Waals surface area contributed by atoms with Crippen LogP contribution < -0.4 is 25.0 Å². The molecule has 0 atom stereocenters. The highest BCUT2D eigenvalue weighted by molar-refractivity contribution is 6.13. The van der Waals surface area contributed by atoms with Gasteiger partial charge in [-0.25, -0.2) is 18.3 Å². The van der Waals surface area contributed by atoms with Gasteiger partial charge in [0.2, 0.25) is 0 Å². The first-order valence-corrected chi connectivity index (χ1v) is 12.5. The molecule has 2 N–H and O–H groups in total. The normalized spacial score (nSPS) is 13.9. The van der Waals surface area contributed by atoms with Gasteiger partial charge in [0.05, 0.1) is 43.5 Å². The lowest BCUT2D eigenvalue weighted by Gasteiger charge is -2.37. The summed E-state index contributed by atoms with van der Waals surface area (Å²) in [6.07, 6.45) is 6.57. The highest BCUT2D eigenvalue weighted by Crippen LogP contribution is 2.43. The molecule has 2 amide bonds. The molecule has 0 saturated heterocycles. The number of hydrogen-bond acceptors (Lipinski definition) is 7. The molecule has 0 fully saturated rings. The summed E-state index contributed by atoms with van der Waals surface area (Å²) < 4.78 is 43.0. The van der Waals surface area contributed by atoms with Gasteiger partial charge in [-0.2, -0.15) is 5.10 Å². The van der Waals surface area contributed by atoms with Gasteiger partial charge in [0.25, 0.3) is 0 Å². The van der Waals surface area contributed by atoms with Crippen LogP contribution in [-0.2, 0) is 6.54 Å². The van der Waals surface area contributed by atoms with Crippen molar-refractivity contribution in [2.45, 2.75) is 13.5 Å². The van der Waals surface area contributed by atoms with Crippen molar-refractivity contribution >= 4 is 34.9 Å². The van der Waals surface area contributed by atoms with E-state index in [0.29, 0.717) is 33.9 Å².